The summed E-state index contributed by atoms with van der Waals surface area (Å²) >= 11 is 13.0. The number of β-amino-alcohol motifs (C(OH)–C–C–N with tert-alkyl or cyclic N) is 1. The number of hydrogen-bond acceptors (Lipinski definition) is 9. The second kappa shape index (κ2) is 12.4. The van der Waals surface area contributed by atoms with Crippen molar-refractivity contribution in [2.24, 2.45) is 5.92 Å². The molecule has 1 unspecified atom stereocenters. The second-order valence-corrected chi connectivity index (χ2v) is 13.5. The number of nitrogens with zero attached hydrogens (tertiary/aromatic N) is 2. The lowest BCUT2D eigenvalue weighted by atomic mass is 9.96. The molecular formula is C24H37Cl2N3O8S. The van der Waals surface area contributed by atoms with E-state index in [2.05, 4.69) is 4.72 Å². The van der Waals surface area contributed by atoms with Crippen LogP contribution in [0.15, 0.2) is 12.1 Å². The lowest BCUT2D eigenvalue weighted by Gasteiger charge is -2.30. The Morgan fingerprint density at radius 3 is 2.53 bits per heavy atom. The van der Waals surface area contributed by atoms with Crippen molar-refractivity contribution in [3.63, 3.8) is 0 Å². The van der Waals surface area contributed by atoms with Crippen LogP contribution < -0.4 is 9.46 Å². The molecule has 2 saturated heterocycles. The van der Waals surface area contributed by atoms with Crippen molar-refractivity contribution < 1.29 is 37.6 Å². The summed E-state index contributed by atoms with van der Waals surface area (Å²) < 4.78 is 43.2. The fraction of sp³-hybridized carbons (Fsp3) is 0.708. The van der Waals surface area contributed by atoms with Crippen LogP contribution in [0.2, 0.25) is 10.0 Å². The maximum Gasteiger partial charge on any atom is 0.410 e. The molecule has 14 heteroatoms. The van der Waals surface area contributed by atoms with Crippen LogP contribution in [-0.2, 0) is 19.5 Å². The van der Waals surface area contributed by atoms with Crippen molar-refractivity contribution in [1.29, 1.82) is 0 Å². The standard InChI is InChI=1S/C24H37Cl2N3O8S/c1-24(2,3)37-23(32)29-10-14(9-20(31)28-11-17(30)19(12-28)38(33,34)27-4)8-16(29)21-18(36-13-35-5)7-6-15(25)22(21)26/h6-7,14,16-17,19-20,27,30-31H,8-13H2,1-5H3/t14-,16+,17-,19-,20?/m0/s1. The number of ether oxygens (including phenoxy) is 3. The topological polar surface area (TPSA) is 138 Å². The Morgan fingerprint density at radius 1 is 1.24 bits per heavy atom. The van der Waals surface area contributed by atoms with Gasteiger partial charge in [0.1, 0.15) is 22.8 Å². The number of hydrogen-bond donors (Lipinski definition) is 3. The Labute approximate surface area is 234 Å². The largest absolute Gasteiger partial charge is 0.467 e. The van der Waals surface area contributed by atoms with Gasteiger partial charge in [0.05, 0.1) is 22.2 Å². The van der Waals surface area contributed by atoms with E-state index in [0.717, 1.165) is 0 Å². The molecule has 0 saturated carbocycles. The van der Waals surface area contributed by atoms with Crippen LogP contribution in [0.25, 0.3) is 0 Å². The molecule has 3 N–H and O–H groups in total. The summed E-state index contributed by atoms with van der Waals surface area (Å²) in [5, 5.41) is 20.8. The van der Waals surface area contributed by atoms with Gasteiger partial charge in [0, 0.05) is 32.3 Å². The summed E-state index contributed by atoms with van der Waals surface area (Å²) in [7, 11) is -0.945. The zero-order chi connectivity index (χ0) is 28.4. The van der Waals surface area contributed by atoms with Crippen LogP contribution in [0.3, 0.4) is 0 Å². The minimum absolute atomic E-state index is 0.00774. The van der Waals surface area contributed by atoms with E-state index in [9.17, 15) is 23.4 Å². The number of sulfonamides is 1. The first kappa shape index (κ1) is 31.2. The van der Waals surface area contributed by atoms with Crippen molar-refractivity contribution in [2.45, 2.75) is 62.8 Å². The third kappa shape index (κ3) is 7.22. The van der Waals surface area contributed by atoms with E-state index in [0.29, 0.717) is 22.8 Å². The number of halogens is 2. The van der Waals surface area contributed by atoms with E-state index < -0.39 is 45.3 Å². The fourth-order valence-electron chi connectivity index (χ4n) is 4.93. The molecule has 0 aromatic heterocycles. The summed E-state index contributed by atoms with van der Waals surface area (Å²) in [4.78, 5) is 16.4. The van der Waals surface area contributed by atoms with Gasteiger partial charge in [-0.1, -0.05) is 23.2 Å². The molecule has 0 radical (unpaired) electrons. The quantitative estimate of drug-likeness (QED) is 0.366. The predicted octanol–water partition coefficient (Wildman–Crippen LogP) is 2.58. The zero-order valence-corrected chi connectivity index (χ0v) is 24.5. The molecule has 2 aliphatic rings. The van der Waals surface area contributed by atoms with Gasteiger partial charge in [-0.15, -0.1) is 0 Å². The van der Waals surface area contributed by atoms with Gasteiger partial charge in [-0.3, -0.25) is 4.90 Å². The number of carbonyl (C=O) groups is 1. The van der Waals surface area contributed by atoms with E-state index in [1.165, 1.54) is 19.1 Å². The lowest BCUT2D eigenvalue weighted by molar-refractivity contribution is -0.00593. The molecule has 2 aliphatic heterocycles. The summed E-state index contributed by atoms with van der Waals surface area (Å²) in [6.45, 7) is 5.50. The third-order valence-electron chi connectivity index (χ3n) is 6.69. The van der Waals surface area contributed by atoms with Gasteiger partial charge in [0.15, 0.2) is 6.79 Å². The second-order valence-electron chi connectivity index (χ2n) is 10.6. The molecule has 1 aromatic rings. The van der Waals surface area contributed by atoms with Crippen molar-refractivity contribution >= 4 is 39.3 Å². The number of aliphatic hydroxyl groups is 2. The van der Waals surface area contributed by atoms with E-state index in [-0.39, 0.29) is 43.8 Å². The number of nitrogens with one attached hydrogen (secondary N) is 1. The lowest BCUT2D eigenvalue weighted by Crippen LogP contribution is -2.40. The van der Waals surface area contributed by atoms with Crippen molar-refractivity contribution in [3.05, 3.63) is 27.7 Å². The third-order valence-corrected chi connectivity index (χ3v) is 9.34. The van der Waals surface area contributed by atoms with Crippen LogP contribution in [0.4, 0.5) is 4.79 Å². The van der Waals surface area contributed by atoms with Crippen molar-refractivity contribution in [2.75, 3.05) is 40.6 Å². The molecule has 3 rings (SSSR count). The Morgan fingerprint density at radius 2 is 1.92 bits per heavy atom. The monoisotopic (exact) mass is 597 g/mol. The van der Waals surface area contributed by atoms with E-state index in [1.807, 2.05) is 0 Å². The zero-order valence-electron chi connectivity index (χ0n) is 22.2. The summed E-state index contributed by atoms with van der Waals surface area (Å²) in [6.07, 6.45) is -2.09. The summed E-state index contributed by atoms with van der Waals surface area (Å²) in [5.74, 6) is 0.203. The van der Waals surface area contributed by atoms with Gasteiger partial charge in [-0.05, 0) is 58.7 Å². The molecule has 216 valence electrons. The van der Waals surface area contributed by atoms with Crippen LogP contribution in [-0.4, -0.2) is 98.3 Å². The van der Waals surface area contributed by atoms with Crippen LogP contribution in [0.1, 0.15) is 45.2 Å². The molecule has 1 aromatic carbocycles. The van der Waals surface area contributed by atoms with E-state index >= 15 is 0 Å². The first-order chi connectivity index (χ1) is 17.7. The van der Waals surface area contributed by atoms with Gasteiger partial charge in [-0.2, -0.15) is 0 Å². The number of rotatable bonds is 9. The molecule has 0 aliphatic carbocycles. The Kier molecular flexibility index (Phi) is 10.2. The molecular weight excluding hydrogens is 561 g/mol. The minimum Gasteiger partial charge on any atom is -0.467 e. The highest BCUT2D eigenvalue weighted by molar-refractivity contribution is 7.90. The number of benzene rings is 1. The molecule has 2 fully saturated rings. The average Bonchev–Trinajstić information content (AvgIpc) is 3.42. The van der Waals surface area contributed by atoms with Crippen LogP contribution in [0, 0.1) is 5.92 Å². The number of methoxy groups -OCH3 is 1. The highest BCUT2D eigenvalue weighted by Crippen LogP contribution is 2.47. The average molecular weight is 599 g/mol. The van der Waals surface area contributed by atoms with Gasteiger partial charge in [-0.25, -0.2) is 17.9 Å². The summed E-state index contributed by atoms with van der Waals surface area (Å²) in [6, 6.07) is 2.69. The normalized spacial score (nSPS) is 25.6. The van der Waals surface area contributed by atoms with Gasteiger partial charge in [0.25, 0.3) is 0 Å². The van der Waals surface area contributed by atoms with Gasteiger partial charge < -0.3 is 29.3 Å². The first-order valence-corrected chi connectivity index (χ1v) is 14.6. The van der Waals surface area contributed by atoms with Crippen LogP contribution in [0.5, 0.6) is 5.75 Å². The molecule has 0 bridgehead atoms. The first-order valence-electron chi connectivity index (χ1n) is 12.3. The number of amides is 1. The van der Waals surface area contributed by atoms with Crippen molar-refractivity contribution in [1.82, 2.24) is 14.5 Å². The Hall–Kier alpha value is -1.38. The highest BCUT2D eigenvalue weighted by atomic mass is 35.5. The molecule has 38 heavy (non-hydrogen) atoms. The number of carbonyl (C=O) groups excluding carboxylic acids is 1. The SMILES string of the molecule is CNS(=O)(=O)[C@H]1CN(C(O)C[C@@H]2C[C@H](c3c(OCOC)ccc(Cl)c3Cl)N(C(=O)OC(C)(C)C)C2)C[C@@H]1O. The minimum atomic E-state index is -3.72. The molecule has 2 heterocycles. The van der Waals surface area contributed by atoms with Gasteiger partial charge >= 0.3 is 6.09 Å². The molecule has 5 atom stereocenters. The number of aliphatic hydroxyl groups excluding tert-OH is 2. The Bertz CT molecular complexity index is 1100. The maximum absolute atomic E-state index is 13.3. The fourth-order valence-corrected chi connectivity index (χ4v) is 6.57. The summed E-state index contributed by atoms with van der Waals surface area (Å²) in [5.41, 5.74) is -0.234. The Balaban J connectivity index is 1.86. The highest BCUT2D eigenvalue weighted by Gasteiger charge is 2.45. The molecule has 11 nitrogen and oxygen atoms in total. The van der Waals surface area contributed by atoms with Gasteiger partial charge in [0.2, 0.25) is 10.0 Å². The smallest absolute Gasteiger partial charge is 0.410 e. The van der Waals surface area contributed by atoms with E-state index in [4.69, 9.17) is 37.4 Å². The maximum atomic E-state index is 13.3. The molecule has 1 amide bonds. The van der Waals surface area contributed by atoms with E-state index in [1.54, 1.807) is 37.8 Å². The van der Waals surface area contributed by atoms with Crippen molar-refractivity contribution in [3.8, 4) is 5.75 Å². The predicted molar refractivity (Wildman–Crippen MR) is 143 cm³/mol. The number of likely N-dealkylation sites (tertiary alicyclic amines) is 2. The van der Waals surface area contributed by atoms with Crippen LogP contribution >= 0.6 is 23.2 Å². The molecule has 0 spiro atoms.